The minimum Gasteiger partial charge on any atom is -0.378 e. The van der Waals surface area contributed by atoms with E-state index in [9.17, 15) is 8.42 Å². The average Bonchev–Trinajstić information content (AvgIpc) is 2.80. The zero-order valence-electron chi connectivity index (χ0n) is 12.0. The summed E-state index contributed by atoms with van der Waals surface area (Å²) in [4.78, 5) is 0. The molecule has 0 radical (unpaired) electrons. The summed E-state index contributed by atoms with van der Waals surface area (Å²) in [5.74, 6) is 0. The fourth-order valence-corrected chi connectivity index (χ4v) is 5.59. The molecule has 5 nitrogen and oxygen atoms in total. The van der Waals surface area contributed by atoms with Crippen molar-refractivity contribution in [2.45, 2.75) is 36.5 Å². The van der Waals surface area contributed by atoms with Crippen molar-refractivity contribution in [3.05, 3.63) is 16.0 Å². The van der Waals surface area contributed by atoms with Gasteiger partial charge in [0.25, 0.3) is 10.0 Å². The molecule has 1 aromatic rings. The predicted octanol–water partition coefficient (Wildman–Crippen LogP) is 2.23. The van der Waals surface area contributed by atoms with E-state index in [2.05, 4.69) is 0 Å². The Kier molecular flexibility index (Phi) is 6.05. The van der Waals surface area contributed by atoms with Crippen molar-refractivity contribution in [2.24, 2.45) is 5.73 Å². The Bertz CT molecular complexity index is 546. The number of hydrogen-bond acceptors (Lipinski definition) is 5. The minimum atomic E-state index is -3.42. The van der Waals surface area contributed by atoms with E-state index in [1.54, 1.807) is 6.07 Å². The van der Waals surface area contributed by atoms with E-state index in [4.69, 9.17) is 22.1 Å². The largest absolute Gasteiger partial charge is 0.378 e. The van der Waals surface area contributed by atoms with Gasteiger partial charge in [-0.15, -0.1) is 11.3 Å². The first kappa shape index (κ1) is 17.2. The predicted molar refractivity (Wildman–Crippen MR) is 85.5 cm³/mol. The van der Waals surface area contributed by atoms with Crippen LogP contribution in [0.25, 0.3) is 0 Å². The molecule has 1 saturated heterocycles. The Hall–Kier alpha value is -0.180. The van der Waals surface area contributed by atoms with Crippen LogP contribution in [-0.2, 0) is 14.8 Å². The van der Waals surface area contributed by atoms with Crippen molar-refractivity contribution in [3.8, 4) is 0 Å². The second-order valence-corrected chi connectivity index (χ2v) is 8.96. The van der Waals surface area contributed by atoms with Crippen LogP contribution in [0.3, 0.4) is 0 Å². The number of thiophene rings is 1. The zero-order valence-corrected chi connectivity index (χ0v) is 14.4. The molecule has 0 amide bonds. The first-order valence-electron chi connectivity index (χ1n) is 7.03. The molecule has 2 rings (SSSR count). The first-order chi connectivity index (χ1) is 9.95. The Morgan fingerprint density at radius 3 is 2.67 bits per heavy atom. The third-order valence-corrected chi connectivity index (χ3v) is 7.43. The number of nitrogens with zero attached hydrogens (tertiary/aromatic N) is 1. The van der Waals surface area contributed by atoms with E-state index in [1.165, 1.54) is 4.31 Å². The number of ether oxygens (including phenoxy) is 1. The monoisotopic (exact) mass is 352 g/mol. The van der Waals surface area contributed by atoms with Crippen LogP contribution < -0.4 is 5.73 Å². The number of halogens is 1. The van der Waals surface area contributed by atoms with Gasteiger partial charge in [0.1, 0.15) is 4.21 Å². The van der Waals surface area contributed by atoms with Gasteiger partial charge in [-0.3, -0.25) is 0 Å². The second-order valence-electron chi connectivity index (χ2n) is 5.14. The van der Waals surface area contributed by atoms with Crippen molar-refractivity contribution in [1.82, 2.24) is 4.31 Å². The smallest absolute Gasteiger partial charge is 0.252 e. The summed E-state index contributed by atoms with van der Waals surface area (Å²) >= 11 is 7.10. The van der Waals surface area contributed by atoms with Crippen LogP contribution in [0.1, 0.15) is 24.8 Å². The third-order valence-electron chi connectivity index (χ3n) is 3.53. The van der Waals surface area contributed by atoms with Gasteiger partial charge in [-0.1, -0.05) is 11.6 Å². The summed E-state index contributed by atoms with van der Waals surface area (Å²) in [5, 5.41) is 0. The van der Waals surface area contributed by atoms with Crippen molar-refractivity contribution >= 4 is 33.0 Å². The van der Waals surface area contributed by atoms with Crippen LogP contribution in [0.5, 0.6) is 0 Å². The van der Waals surface area contributed by atoms with E-state index in [-0.39, 0.29) is 6.10 Å². The van der Waals surface area contributed by atoms with E-state index < -0.39 is 10.0 Å². The molecule has 1 aliphatic heterocycles. The number of hydrogen-bond donors (Lipinski definition) is 1. The molecule has 1 aliphatic rings. The molecule has 0 saturated carbocycles. The lowest BCUT2D eigenvalue weighted by atomic mass is 10.1. The van der Waals surface area contributed by atoms with Crippen LogP contribution in [-0.4, -0.2) is 45.1 Å². The lowest BCUT2D eigenvalue weighted by Crippen LogP contribution is -2.40. The lowest BCUT2D eigenvalue weighted by molar-refractivity contribution is 0.0209. The van der Waals surface area contributed by atoms with Crippen LogP contribution >= 0.6 is 22.9 Å². The van der Waals surface area contributed by atoms with Crippen LogP contribution in [0.4, 0.5) is 0 Å². The molecule has 1 aromatic heterocycles. The highest BCUT2D eigenvalue weighted by Crippen LogP contribution is 2.33. The molecule has 0 aromatic carbocycles. The summed E-state index contributed by atoms with van der Waals surface area (Å²) in [5.41, 5.74) is 6.23. The van der Waals surface area contributed by atoms with Gasteiger partial charge in [0, 0.05) is 19.7 Å². The average molecular weight is 353 g/mol. The lowest BCUT2D eigenvalue weighted by Gasteiger charge is -2.30. The van der Waals surface area contributed by atoms with Crippen molar-refractivity contribution in [2.75, 3.05) is 26.2 Å². The summed E-state index contributed by atoms with van der Waals surface area (Å²) in [7, 11) is -3.42. The number of nitrogens with two attached hydrogens (primary N) is 1. The molecule has 0 aliphatic carbocycles. The highest BCUT2D eigenvalue weighted by molar-refractivity contribution is 7.91. The fraction of sp³-hybridized carbons (Fsp3) is 0.692. The van der Waals surface area contributed by atoms with Gasteiger partial charge >= 0.3 is 0 Å². The van der Waals surface area contributed by atoms with Crippen molar-refractivity contribution in [3.63, 3.8) is 0 Å². The molecular formula is C13H21ClN2O3S2. The number of rotatable bonds is 6. The number of piperidine rings is 1. The molecule has 21 heavy (non-hydrogen) atoms. The maximum absolute atomic E-state index is 12.5. The van der Waals surface area contributed by atoms with E-state index in [0.29, 0.717) is 34.8 Å². The topological polar surface area (TPSA) is 72.6 Å². The normalized spacial score (nSPS) is 18.2. The molecule has 8 heteroatoms. The molecular weight excluding hydrogens is 332 g/mol. The summed E-state index contributed by atoms with van der Waals surface area (Å²) in [6, 6.07) is 1.65. The van der Waals surface area contributed by atoms with Gasteiger partial charge in [0.05, 0.1) is 10.4 Å². The van der Waals surface area contributed by atoms with Crippen LogP contribution in [0.15, 0.2) is 10.3 Å². The molecule has 0 atom stereocenters. The number of sulfonamides is 1. The van der Waals surface area contributed by atoms with Crippen molar-refractivity contribution in [1.29, 1.82) is 0 Å². The van der Waals surface area contributed by atoms with E-state index in [1.807, 2.05) is 6.92 Å². The van der Waals surface area contributed by atoms with Crippen molar-refractivity contribution < 1.29 is 13.2 Å². The highest BCUT2D eigenvalue weighted by Gasteiger charge is 2.31. The quantitative estimate of drug-likeness (QED) is 0.797. The maximum atomic E-state index is 12.5. The Morgan fingerprint density at radius 1 is 1.48 bits per heavy atom. The fourth-order valence-electron chi connectivity index (χ4n) is 2.26. The SMILES string of the molecule is Cc1cc(S(=O)(=O)N2CCC(OCCCN)CC2)sc1Cl. The van der Waals surface area contributed by atoms with Crippen LogP contribution in [0, 0.1) is 6.92 Å². The first-order valence-corrected chi connectivity index (χ1v) is 9.66. The highest BCUT2D eigenvalue weighted by atomic mass is 35.5. The third kappa shape index (κ3) is 4.18. The second kappa shape index (κ2) is 7.39. The summed E-state index contributed by atoms with van der Waals surface area (Å²) < 4.78 is 33.2. The van der Waals surface area contributed by atoms with Gasteiger partial charge in [0.2, 0.25) is 0 Å². The van der Waals surface area contributed by atoms with Gasteiger partial charge in [-0.25, -0.2) is 8.42 Å². The molecule has 2 heterocycles. The molecule has 1 fully saturated rings. The zero-order chi connectivity index (χ0) is 15.5. The summed E-state index contributed by atoms with van der Waals surface area (Å²) in [6.07, 6.45) is 2.42. The molecule has 0 spiro atoms. The van der Waals surface area contributed by atoms with Gasteiger partial charge < -0.3 is 10.5 Å². The van der Waals surface area contributed by atoms with Gasteiger partial charge in [-0.05, 0) is 44.4 Å². The maximum Gasteiger partial charge on any atom is 0.252 e. The van der Waals surface area contributed by atoms with E-state index >= 15 is 0 Å². The minimum absolute atomic E-state index is 0.136. The summed E-state index contributed by atoms with van der Waals surface area (Å²) in [6.45, 7) is 4.06. The van der Waals surface area contributed by atoms with Gasteiger partial charge in [0.15, 0.2) is 0 Å². The Balaban J connectivity index is 1.95. The standard InChI is InChI=1S/C13H21ClN2O3S2/c1-10-9-12(20-13(10)14)21(17,18)16-6-3-11(4-7-16)19-8-2-5-15/h9,11H,2-8,15H2,1H3. The molecule has 2 N–H and O–H groups in total. The molecule has 120 valence electrons. The Morgan fingerprint density at radius 2 is 2.14 bits per heavy atom. The van der Waals surface area contributed by atoms with Crippen LogP contribution in [0.2, 0.25) is 4.34 Å². The Labute approximate surface area is 135 Å². The van der Waals surface area contributed by atoms with Gasteiger partial charge in [-0.2, -0.15) is 4.31 Å². The molecule has 0 unspecified atom stereocenters. The van der Waals surface area contributed by atoms with E-state index in [0.717, 1.165) is 36.2 Å². The molecule has 0 bridgehead atoms. The number of aryl methyl sites for hydroxylation is 1.